The third-order valence-electron chi connectivity index (χ3n) is 5.43. The fourth-order valence-electron chi connectivity index (χ4n) is 3.90. The van der Waals surface area contributed by atoms with Gasteiger partial charge in [0.1, 0.15) is 6.10 Å². The number of rotatable bonds is 5. The largest absolute Gasteiger partial charge is 0.383 e. The fourth-order valence-corrected chi connectivity index (χ4v) is 3.90. The van der Waals surface area contributed by atoms with Crippen molar-refractivity contribution in [1.29, 1.82) is 0 Å². The average molecular weight is 344 g/mol. The summed E-state index contributed by atoms with van der Waals surface area (Å²) in [7, 11) is 0. The van der Waals surface area contributed by atoms with Crippen LogP contribution < -0.4 is 5.32 Å². The van der Waals surface area contributed by atoms with Gasteiger partial charge in [0.05, 0.1) is 0 Å². The first-order valence-corrected chi connectivity index (χ1v) is 9.44. The van der Waals surface area contributed by atoms with E-state index in [1.807, 2.05) is 35.2 Å². The Morgan fingerprint density at radius 3 is 2.36 bits per heavy atom. The molecule has 1 unspecified atom stereocenters. The summed E-state index contributed by atoms with van der Waals surface area (Å²) in [4.78, 5) is 26.6. The van der Waals surface area contributed by atoms with Crippen LogP contribution in [0.25, 0.3) is 0 Å². The number of aliphatic hydroxyl groups is 1. The molecule has 1 atom stereocenters. The van der Waals surface area contributed by atoms with Crippen LogP contribution in [0, 0.1) is 5.92 Å². The lowest BCUT2D eigenvalue weighted by Gasteiger charge is -2.34. The summed E-state index contributed by atoms with van der Waals surface area (Å²) in [6, 6.07) is 9.57. The van der Waals surface area contributed by atoms with E-state index in [1.165, 1.54) is 12.8 Å². The van der Waals surface area contributed by atoms with Crippen molar-refractivity contribution in [1.82, 2.24) is 10.2 Å². The van der Waals surface area contributed by atoms with Crippen molar-refractivity contribution in [2.24, 2.45) is 5.92 Å². The fraction of sp³-hybridized carbons (Fsp3) is 0.600. The summed E-state index contributed by atoms with van der Waals surface area (Å²) >= 11 is 0. The van der Waals surface area contributed by atoms with Crippen LogP contribution in [-0.2, 0) is 16.0 Å². The van der Waals surface area contributed by atoms with Crippen molar-refractivity contribution in [3.8, 4) is 0 Å². The normalized spacial score (nSPS) is 20.4. The Kier molecular flexibility index (Phi) is 6.08. The van der Waals surface area contributed by atoms with Crippen LogP contribution in [0.5, 0.6) is 0 Å². The lowest BCUT2D eigenvalue weighted by molar-refractivity contribution is -0.136. The molecule has 0 bridgehead atoms. The molecule has 0 radical (unpaired) electrons. The number of piperidine rings is 1. The number of carbonyl (C=O) groups excluding carboxylic acids is 2. The first kappa shape index (κ1) is 17.9. The van der Waals surface area contributed by atoms with Crippen molar-refractivity contribution >= 4 is 11.8 Å². The predicted octanol–water partition coefficient (Wildman–Crippen LogP) is 1.89. The van der Waals surface area contributed by atoms with Gasteiger partial charge in [-0.1, -0.05) is 43.2 Å². The zero-order valence-corrected chi connectivity index (χ0v) is 14.7. The molecule has 1 saturated heterocycles. The van der Waals surface area contributed by atoms with Crippen molar-refractivity contribution in [2.45, 2.75) is 57.1 Å². The predicted molar refractivity (Wildman–Crippen MR) is 95.9 cm³/mol. The summed E-state index contributed by atoms with van der Waals surface area (Å²) in [5.74, 6) is 0.203. The maximum Gasteiger partial charge on any atom is 0.249 e. The van der Waals surface area contributed by atoms with Crippen LogP contribution in [0.2, 0.25) is 0 Å². The van der Waals surface area contributed by atoms with Crippen molar-refractivity contribution in [3.05, 3.63) is 35.9 Å². The standard InChI is InChI=1S/C20H28N2O3/c23-18(14-15-6-2-1-3-7-15)19(24)21-17-10-12-22(13-11-17)20(25)16-8-4-5-9-16/h1-3,6-7,16-18,23H,4-5,8-14H2,(H,21,24). The van der Waals surface area contributed by atoms with Gasteiger partial charge in [-0.05, 0) is 31.2 Å². The number of carbonyl (C=O) groups is 2. The van der Waals surface area contributed by atoms with Gasteiger partial charge in [0.2, 0.25) is 11.8 Å². The minimum absolute atomic E-state index is 0.0468. The summed E-state index contributed by atoms with van der Waals surface area (Å²) in [5.41, 5.74) is 0.946. The maximum absolute atomic E-state index is 12.4. The molecule has 136 valence electrons. The summed E-state index contributed by atoms with van der Waals surface area (Å²) in [6.45, 7) is 1.41. The molecule has 5 nitrogen and oxygen atoms in total. The number of amides is 2. The van der Waals surface area contributed by atoms with E-state index >= 15 is 0 Å². The molecule has 1 aliphatic heterocycles. The van der Waals surface area contributed by atoms with Crippen molar-refractivity contribution < 1.29 is 14.7 Å². The van der Waals surface area contributed by atoms with E-state index < -0.39 is 6.10 Å². The third-order valence-corrected chi connectivity index (χ3v) is 5.43. The first-order valence-electron chi connectivity index (χ1n) is 9.44. The van der Waals surface area contributed by atoms with Gasteiger partial charge in [0.15, 0.2) is 0 Å². The van der Waals surface area contributed by atoms with Crippen LogP contribution >= 0.6 is 0 Å². The van der Waals surface area contributed by atoms with E-state index in [4.69, 9.17) is 0 Å². The Balaban J connectivity index is 1.42. The number of nitrogens with zero attached hydrogens (tertiary/aromatic N) is 1. The number of hydrogen-bond donors (Lipinski definition) is 2. The Labute approximate surface area is 149 Å². The van der Waals surface area contributed by atoms with Gasteiger partial charge in [-0.25, -0.2) is 0 Å². The summed E-state index contributed by atoms with van der Waals surface area (Å²) < 4.78 is 0. The topological polar surface area (TPSA) is 69.6 Å². The molecule has 0 spiro atoms. The summed E-state index contributed by atoms with van der Waals surface area (Å²) in [6.07, 6.45) is 5.23. The second-order valence-electron chi connectivity index (χ2n) is 7.30. The van der Waals surface area contributed by atoms with Crippen molar-refractivity contribution in [3.63, 3.8) is 0 Å². The van der Waals surface area contributed by atoms with Gasteiger partial charge in [-0.15, -0.1) is 0 Å². The van der Waals surface area contributed by atoms with E-state index in [0.717, 1.165) is 31.2 Å². The van der Waals surface area contributed by atoms with Gasteiger partial charge < -0.3 is 15.3 Å². The van der Waals surface area contributed by atoms with Gasteiger partial charge in [-0.3, -0.25) is 9.59 Å². The van der Waals surface area contributed by atoms with Crippen LogP contribution in [0.1, 0.15) is 44.1 Å². The lowest BCUT2D eigenvalue weighted by Crippen LogP contribution is -2.50. The number of hydrogen-bond acceptors (Lipinski definition) is 3. The molecule has 1 aromatic carbocycles. The van der Waals surface area contributed by atoms with Crippen molar-refractivity contribution in [2.75, 3.05) is 13.1 Å². The highest BCUT2D eigenvalue weighted by Crippen LogP contribution is 2.27. The molecular weight excluding hydrogens is 316 g/mol. The highest BCUT2D eigenvalue weighted by atomic mass is 16.3. The number of aliphatic hydroxyl groups excluding tert-OH is 1. The van der Waals surface area contributed by atoms with Crippen LogP contribution in [0.4, 0.5) is 0 Å². The van der Waals surface area contributed by atoms with Crippen LogP contribution in [0.3, 0.4) is 0 Å². The van der Waals surface area contributed by atoms with Crippen LogP contribution in [0.15, 0.2) is 30.3 Å². The minimum atomic E-state index is -1.03. The molecule has 2 N–H and O–H groups in total. The highest BCUT2D eigenvalue weighted by Gasteiger charge is 2.30. The molecule has 25 heavy (non-hydrogen) atoms. The van der Waals surface area contributed by atoms with Crippen LogP contribution in [-0.4, -0.2) is 47.1 Å². The van der Waals surface area contributed by atoms with Gasteiger partial charge in [0.25, 0.3) is 0 Å². The van der Waals surface area contributed by atoms with Gasteiger partial charge in [0, 0.05) is 31.5 Å². The average Bonchev–Trinajstić information content (AvgIpc) is 3.17. The molecule has 5 heteroatoms. The molecule has 3 rings (SSSR count). The quantitative estimate of drug-likeness (QED) is 0.857. The Bertz CT molecular complexity index is 576. The zero-order chi connectivity index (χ0) is 17.6. The van der Waals surface area contributed by atoms with E-state index in [9.17, 15) is 14.7 Å². The van der Waals surface area contributed by atoms with E-state index in [2.05, 4.69) is 5.32 Å². The second kappa shape index (κ2) is 8.48. The molecular formula is C20H28N2O3. The van der Waals surface area contributed by atoms with E-state index in [0.29, 0.717) is 25.4 Å². The molecule has 1 heterocycles. The minimum Gasteiger partial charge on any atom is -0.383 e. The maximum atomic E-state index is 12.4. The lowest BCUT2D eigenvalue weighted by atomic mass is 10.0. The first-order chi connectivity index (χ1) is 12.1. The number of likely N-dealkylation sites (tertiary alicyclic amines) is 1. The molecule has 2 amide bonds. The zero-order valence-electron chi connectivity index (χ0n) is 14.7. The molecule has 1 aromatic rings. The van der Waals surface area contributed by atoms with E-state index in [1.54, 1.807) is 0 Å². The number of benzene rings is 1. The van der Waals surface area contributed by atoms with Gasteiger partial charge in [-0.2, -0.15) is 0 Å². The second-order valence-corrected chi connectivity index (χ2v) is 7.30. The highest BCUT2D eigenvalue weighted by molar-refractivity contribution is 5.81. The third kappa shape index (κ3) is 4.82. The summed E-state index contributed by atoms with van der Waals surface area (Å²) in [5, 5.41) is 13.0. The molecule has 2 fully saturated rings. The Morgan fingerprint density at radius 1 is 1.08 bits per heavy atom. The smallest absolute Gasteiger partial charge is 0.249 e. The Morgan fingerprint density at radius 2 is 1.72 bits per heavy atom. The van der Waals surface area contributed by atoms with Gasteiger partial charge >= 0.3 is 0 Å². The SMILES string of the molecule is O=C(NC1CCN(C(=O)C2CCCC2)CC1)C(O)Cc1ccccc1. The molecule has 2 aliphatic rings. The molecule has 1 saturated carbocycles. The number of nitrogens with one attached hydrogen (secondary N) is 1. The Hall–Kier alpha value is -1.88. The molecule has 0 aromatic heterocycles. The monoisotopic (exact) mass is 344 g/mol. The van der Waals surface area contributed by atoms with E-state index in [-0.39, 0.29) is 17.9 Å². The molecule has 1 aliphatic carbocycles.